The molecule has 3 aromatic carbocycles. The molecule has 1 aromatic heterocycles. The lowest BCUT2D eigenvalue weighted by Gasteiger charge is -2.19. The van der Waals surface area contributed by atoms with E-state index in [0.29, 0.717) is 22.2 Å². The molecule has 0 saturated carbocycles. The first-order valence-corrected chi connectivity index (χ1v) is 12.2. The number of fused-ring (bicyclic) bond motifs is 1. The van der Waals surface area contributed by atoms with Crippen molar-refractivity contribution in [2.45, 2.75) is 38.0 Å². The molecule has 0 bridgehead atoms. The molecular formula is C26H26N2O5S. The smallest absolute Gasteiger partial charge is 0.449 e. The van der Waals surface area contributed by atoms with E-state index in [1.54, 1.807) is 30.3 Å². The van der Waals surface area contributed by atoms with Gasteiger partial charge in [-0.3, -0.25) is 4.72 Å². The maximum atomic E-state index is 13.0. The molecule has 1 heterocycles. The number of carboxylic acid groups (broad SMARTS) is 1. The lowest BCUT2D eigenvalue weighted by Crippen LogP contribution is -2.14. The number of carbonyl (C=O) groups is 1. The van der Waals surface area contributed by atoms with Crippen LogP contribution in [0, 0.1) is 6.92 Å². The number of anilines is 1. The van der Waals surface area contributed by atoms with Gasteiger partial charge in [0.2, 0.25) is 5.88 Å². The summed E-state index contributed by atoms with van der Waals surface area (Å²) in [6.45, 7) is 8.12. The molecule has 0 amide bonds. The summed E-state index contributed by atoms with van der Waals surface area (Å²) < 4.78 is 33.7. The Morgan fingerprint density at radius 3 is 2.32 bits per heavy atom. The Bertz CT molecular complexity index is 1480. The fraction of sp³-hybridized carbons (Fsp3) is 0.192. The number of aryl methyl sites for hydroxylation is 1. The summed E-state index contributed by atoms with van der Waals surface area (Å²) in [5.41, 5.74) is 4.19. The summed E-state index contributed by atoms with van der Waals surface area (Å²) in [6, 6.07) is 19.3. The summed E-state index contributed by atoms with van der Waals surface area (Å²) in [6.07, 6.45) is -1.44. The molecule has 0 aliphatic rings. The minimum absolute atomic E-state index is 0.0749. The van der Waals surface area contributed by atoms with Crippen LogP contribution < -0.4 is 9.46 Å². The maximum Gasteiger partial charge on any atom is 0.512 e. The van der Waals surface area contributed by atoms with Crippen LogP contribution in [0.5, 0.6) is 5.88 Å². The van der Waals surface area contributed by atoms with Gasteiger partial charge >= 0.3 is 6.16 Å². The second kappa shape index (κ2) is 8.53. The molecule has 0 saturated heterocycles. The number of aromatic amines is 1. The van der Waals surface area contributed by atoms with Crippen LogP contribution in [0.15, 0.2) is 71.6 Å². The summed E-state index contributed by atoms with van der Waals surface area (Å²) in [7, 11) is -3.83. The number of H-pyrrole nitrogens is 1. The number of rotatable bonds is 5. The van der Waals surface area contributed by atoms with Gasteiger partial charge in [0.15, 0.2) is 0 Å². The number of nitrogens with one attached hydrogen (secondary N) is 2. The number of hydrogen-bond donors (Lipinski definition) is 3. The predicted octanol–water partition coefficient (Wildman–Crippen LogP) is 6.30. The summed E-state index contributed by atoms with van der Waals surface area (Å²) >= 11 is 0. The van der Waals surface area contributed by atoms with Gasteiger partial charge in [-0.25, -0.2) is 13.2 Å². The van der Waals surface area contributed by atoms with Gasteiger partial charge in [-0.05, 0) is 53.8 Å². The van der Waals surface area contributed by atoms with Crippen molar-refractivity contribution >= 4 is 32.8 Å². The Morgan fingerprint density at radius 2 is 1.71 bits per heavy atom. The number of hydrogen-bond acceptors (Lipinski definition) is 4. The van der Waals surface area contributed by atoms with Gasteiger partial charge < -0.3 is 14.8 Å². The average molecular weight is 479 g/mol. The lowest BCUT2D eigenvalue weighted by atomic mass is 9.87. The van der Waals surface area contributed by atoms with Crippen LogP contribution in [0.3, 0.4) is 0 Å². The zero-order chi connectivity index (χ0) is 24.7. The topological polar surface area (TPSA) is 108 Å². The van der Waals surface area contributed by atoms with Gasteiger partial charge in [-0.2, -0.15) is 0 Å². The van der Waals surface area contributed by atoms with Gasteiger partial charge in [-0.15, -0.1) is 0 Å². The Morgan fingerprint density at radius 1 is 1.00 bits per heavy atom. The van der Waals surface area contributed by atoms with Gasteiger partial charge in [0.25, 0.3) is 10.0 Å². The van der Waals surface area contributed by atoms with Gasteiger partial charge in [0, 0.05) is 16.6 Å². The van der Waals surface area contributed by atoms with E-state index in [4.69, 9.17) is 4.74 Å². The molecule has 176 valence electrons. The zero-order valence-corrected chi connectivity index (χ0v) is 20.2. The average Bonchev–Trinajstić information content (AvgIpc) is 3.09. The van der Waals surface area contributed by atoms with E-state index in [-0.39, 0.29) is 16.2 Å². The van der Waals surface area contributed by atoms with Crippen molar-refractivity contribution in [3.05, 3.63) is 77.9 Å². The minimum atomic E-state index is -3.83. The molecule has 0 radical (unpaired) electrons. The molecule has 8 heteroatoms. The molecule has 0 unspecified atom stereocenters. The van der Waals surface area contributed by atoms with Crippen molar-refractivity contribution in [1.29, 1.82) is 0 Å². The second-order valence-electron chi connectivity index (χ2n) is 9.21. The summed E-state index contributed by atoms with van der Waals surface area (Å²) in [5, 5.41) is 9.82. The highest BCUT2D eigenvalue weighted by atomic mass is 32.2. The minimum Gasteiger partial charge on any atom is -0.449 e. The first-order valence-electron chi connectivity index (χ1n) is 10.7. The molecule has 7 nitrogen and oxygen atoms in total. The first kappa shape index (κ1) is 23.4. The highest BCUT2D eigenvalue weighted by Crippen LogP contribution is 2.39. The van der Waals surface area contributed by atoms with Crippen LogP contribution >= 0.6 is 0 Å². The third-order valence-corrected chi connectivity index (χ3v) is 6.94. The van der Waals surface area contributed by atoms with Crippen molar-refractivity contribution in [2.75, 3.05) is 4.72 Å². The SMILES string of the molecule is Cc1cccc(-c2c(OC(=O)O)[nH]c3ccc(NS(=O)(=O)c4ccc(C(C)(C)C)cc4)cc23)c1. The molecule has 0 atom stereocenters. The van der Waals surface area contributed by atoms with Crippen LogP contribution in [0.2, 0.25) is 0 Å². The van der Waals surface area contributed by atoms with Crippen LogP contribution in [-0.2, 0) is 15.4 Å². The van der Waals surface area contributed by atoms with E-state index >= 15 is 0 Å². The Kier molecular flexibility index (Phi) is 5.87. The highest BCUT2D eigenvalue weighted by molar-refractivity contribution is 7.92. The van der Waals surface area contributed by atoms with Gasteiger partial charge in [0.1, 0.15) is 0 Å². The maximum absolute atomic E-state index is 13.0. The molecule has 4 aromatic rings. The molecular weight excluding hydrogens is 452 g/mol. The third kappa shape index (κ3) is 4.77. The number of aromatic nitrogens is 1. The van der Waals surface area contributed by atoms with E-state index in [2.05, 4.69) is 30.5 Å². The second-order valence-corrected chi connectivity index (χ2v) is 10.9. The van der Waals surface area contributed by atoms with Crippen molar-refractivity contribution < 1.29 is 23.1 Å². The zero-order valence-electron chi connectivity index (χ0n) is 19.3. The Labute approximate surface area is 198 Å². The highest BCUT2D eigenvalue weighted by Gasteiger charge is 2.21. The molecule has 0 spiro atoms. The van der Waals surface area contributed by atoms with E-state index in [1.807, 2.05) is 43.3 Å². The number of benzene rings is 3. The molecule has 34 heavy (non-hydrogen) atoms. The van der Waals surface area contributed by atoms with Crippen LogP contribution in [0.4, 0.5) is 10.5 Å². The predicted molar refractivity (Wildman–Crippen MR) is 133 cm³/mol. The van der Waals surface area contributed by atoms with E-state index < -0.39 is 16.2 Å². The number of ether oxygens (including phenoxy) is 1. The Hall–Kier alpha value is -3.78. The van der Waals surface area contributed by atoms with Crippen LogP contribution in [-0.4, -0.2) is 24.7 Å². The third-order valence-electron chi connectivity index (χ3n) is 5.54. The Balaban J connectivity index is 1.76. The van der Waals surface area contributed by atoms with Crippen molar-refractivity contribution in [3.8, 4) is 17.0 Å². The standard InChI is InChI=1S/C26H26N2O5S/c1-16-6-5-7-17(14-16)23-21-15-19(10-13-22(21)27-24(23)33-25(29)30)28-34(31,32)20-11-8-18(9-12-20)26(2,3)4/h5-15,27-28H,1-4H3,(H,29,30). The van der Waals surface area contributed by atoms with Crippen molar-refractivity contribution in [3.63, 3.8) is 0 Å². The van der Waals surface area contributed by atoms with E-state index in [9.17, 15) is 18.3 Å². The molecule has 0 aliphatic heterocycles. The quantitative estimate of drug-likeness (QED) is 0.292. The molecule has 0 fully saturated rings. The van der Waals surface area contributed by atoms with Crippen LogP contribution in [0.1, 0.15) is 31.9 Å². The largest absolute Gasteiger partial charge is 0.512 e. The van der Waals surface area contributed by atoms with E-state index in [0.717, 1.165) is 16.7 Å². The fourth-order valence-corrected chi connectivity index (χ4v) is 4.88. The van der Waals surface area contributed by atoms with Gasteiger partial charge in [-0.1, -0.05) is 62.7 Å². The number of sulfonamides is 1. The normalized spacial score (nSPS) is 12.0. The molecule has 3 N–H and O–H groups in total. The van der Waals surface area contributed by atoms with Crippen LogP contribution in [0.25, 0.3) is 22.0 Å². The van der Waals surface area contributed by atoms with Crippen molar-refractivity contribution in [1.82, 2.24) is 4.98 Å². The van der Waals surface area contributed by atoms with E-state index in [1.165, 1.54) is 0 Å². The van der Waals surface area contributed by atoms with Crippen molar-refractivity contribution in [2.24, 2.45) is 0 Å². The summed E-state index contributed by atoms with van der Waals surface area (Å²) in [4.78, 5) is 14.4. The summed E-state index contributed by atoms with van der Waals surface area (Å²) in [5.74, 6) is 0.0749. The first-order chi connectivity index (χ1) is 15.9. The van der Waals surface area contributed by atoms with Gasteiger partial charge in [0.05, 0.1) is 10.5 Å². The molecule has 4 rings (SSSR count). The fourth-order valence-electron chi connectivity index (χ4n) is 3.83. The molecule has 0 aliphatic carbocycles. The lowest BCUT2D eigenvalue weighted by molar-refractivity contribution is 0.143. The monoisotopic (exact) mass is 478 g/mol.